The molecule has 1 aromatic rings. The molecule has 1 aliphatic carbocycles. The molecule has 1 heterocycles. The van der Waals surface area contributed by atoms with Gasteiger partial charge in [-0.3, -0.25) is 4.90 Å². The van der Waals surface area contributed by atoms with E-state index in [1.165, 1.54) is 19.3 Å². The average Bonchev–Trinajstić information content (AvgIpc) is 3.13. The van der Waals surface area contributed by atoms with E-state index in [4.69, 9.17) is 5.26 Å². The van der Waals surface area contributed by atoms with E-state index in [0.29, 0.717) is 5.69 Å². The largest absolute Gasteiger partial charge is 0.296 e. The highest BCUT2D eigenvalue weighted by molar-refractivity contribution is 5.30. The van der Waals surface area contributed by atoms with Crippen LogP contribution in [-0.2, 0) is 6.54 Å². The summed E-state index contributed by atoms with van der Waals surface area (Å²) >= 11 is 0. The third-order valence-electron chi connectivity index (χ3n) is 2.94. The Balaban J connectivity index is 2.09. The molecule has 1 fully saturated rings. The molecule has 1 aromatic heterocycles. The highest BCUT2D eigenvalue weighted by atomic mass is 15.2. The van der Waals surface area contributed by atoms with Crippen LogP contribution in [0.15, 0.2) is 18.3 Å². The van der Waals surface area contributed by atoms with Gasteiger partial charge in [-0.15, -0.1) is 0 Å². The maximum atomic E-state index is 8.98. The van der Waals surface area contributed by atoms with Gasteiger partial charge in [0.25, 0.3) is 0 Å². The molecule has 84 valence electrons. The molecular weight excluding hydrogens is 198 g/mol. The summed E-state index contributed by atoms with van der Waals surface area (Å²) in [6.07, 6.45) is 5.46. The lowest BCUT2D eigenvalue weighted by molar-refractivity contribution is 0.255. The normalized spacial score (nSPS) is 15.1. The van der Waals surface area contributed by atoms with Gasteiger partial charge in [0.2, 0.25) is 0 Å². The lowest BCUT2D eigenvalue weighted by Gasteiger charge is -2.21. The van der Waals surface area contributed by atoms with Crippen molar-refractivity contribution in [1.29, 1.82) is 5.26 Å². The standard InChI is InChI=1S/C13H17N3/c1-2-8-16(12-5-6-12)10-11-4-3-7-15-13(11)9-14/h3-4,7,12H,2,5-6,8,10H2,1H3. The first-order valence-corrected chi connectivity index (χ1v) is 5.93. The van der Waals surface area contributed by atoms with E-state index in [9.17, 15) is 0 Å². The summed E-state index contributed by atoms with van der Waals surface area (Å²) in [6.45, 7) is 4.18. The topological polar surface area (TPSA) is 39.9 Å². The van der Waals surface area contributed by atoms with Crippen LogP contribution >= 0.6 is 0 Å². The third kappa shape index (κ3) is 2.59. The fourth-order valence-corrected chi connectivity index (χ4v) is 2.00. The molecule has 1 aliphatic rings. The first-order valence-electron chi connectivity index (χ1n) is 5.93. The predicted octanol–water partition coefficient (Wildman–Crippen LogP) is 2.33. The molecule has 0 aromatic carbocycles. The Morgan fingerprint density at radius 1 is 1.56 bits per heavy atom. The Morgan fingerprint density at radius 2 is 2.38 bits per heavy atom. The molecule has 16 heavy (non-hydrogen) atoms. The van der Waals surface area contributed by atoms with Crippen LogP contribution in [-0.4, -0.2) is 22.5 Å². The zero-order valence-electron chi connectivity index (χ0n) is 9.69. The van der Waals surface area contributed by atoms with Gasteiger partial charge in [-0.2, -0.15) is 5.26 Å². The summed E-state index contributed by atoms with van der Waals surface area (Å²) in [5.41, 5.74) is 1.63. The van der Waals surface area contributed by atoms with Gasteiger partial charge < -0.3 is 0 Å². The van der Waals surface area contributed by atoms with Gasteiger partial charge in [-0.1, -0.05) is 13.0 Å². The summed E-state index contributed by atoms with van der Waals surface area (Å²) in [5, 5.41) is 8.98. The minimum Gasteiger partial charge on any atom is -0.296 e. The van der Waals surface area contributed by atoms with Crippen molar-refractivity contribution in [2.24, 2.45) is 0 Å². The Bertz CT molecular complexity index is 390. The van der Waals surface area contributed by atoms with Crippen molar-refractivity contribution >= 4 is 0 Å². The van der Waals surface area contributed by atoms with Crippen LogP contribution in [0.1, 0.15) is 37.4 Å². The molecule has 0 aliphatic heterocycles. The summed E-state index contributed by atoms with van der Waals surface area (Å²) in [5.74, 6) is 0. The van der Waals surface area contributed by atoms with E-state index in [1.807, 2.05) is 12.1 Å². The minimum absolute atomic E-state index is 0.573. The smallest absolute Gasteiger partial charge is 0.144 e. The van der Waals surface area contributed by atoms with E-state index in [-0.39, 0.29) is 0 Å². The van der Waals surface area contributed by atoms with Crippen LogP contribution in [0.2, 0.25) is 0 Å². The van der Waals surface area contributed by atoms with E-state index in [1.54, 1.807) is 6.20 Å². The van der Waals surface area contributed by atoms with Crippen LogP contribution in [0.3, 0.4) is 0 Å². The zero-order valence-corrected chi connectivity index (χ0v) is 9.69. The Morgan fingerprint density at radius 3 is 3.00 bits per heavy atom. The lowest BCUT2D eigenvalue weighted by atomic mass is 10.2. The fourth-order valence-electron chi connectivity index (χ4n) is 2.00. The van der Waals surface area contributed by atoms with E-state index < -0.39 is 0 Å². The number of aromatic nitrogens is 1. The number of hydrogen-bond donors (Lipinski definition) is 0. The van der Waals surface area contributed by atoms with E-state index >= 15 is 0 Å². The number of nitrogens with zero attached hydrogens (tertiary/aromatic N) is 3. The van der Waals surface area contributed by atoms with Crippen molar-refractivity contribution in [1.82, 2.24) is 9.88 Å². The maximum Gasteiger partial charge on any atom is 0.144 e. The second-order valence-corrected chi connectivity index (χ2v) is 4.32. The van der Waals surface area contributed by atoms with Gasteiger partial charge in [0.15, 0.2) is 0 Å². The van der Waals surface area contributed by atoms with Gasteiger partial charge in [-0.25, -0.2) is 4.98 Å². The molecule has 0 N–H and O–H groups in total. The number of pyridine rings is 1. The molecule has 0 saturated heterocycles. The van der Waals surface area contributed by atoms with Crippen molar-refractivity contribution in [2.45, 2.75) is 38.8 Å². The second-order valence-electron chi connectivity index (χ2n) is 4.32. The quantitative estimate of drug-likeness (QED) is 0.756. The first kappa shape index (κ1) is 11.1. The van der Waals surface area contributed by atoms with E-state index in [2.05, 4.69) is 22.9 Å². The Labute approximate surface area is 96.7 Å². The maximum absolute atomic E-state index is 8.98. The average molecular weight is 215 g/mol. The van der Waals surface area contributed by atoms with Crippen molar-refractivity contribution in [3.05, 3.63) is 29.6 Å². The predicted molar refractivity (Wildman–Crippen MR) is 62.7 cm³/mol. The third-order valence-corrected chi connectivity index (χ3v) is 2.94. The Hall–Kier alpha value is -1.40. The highest BCUT2D eigenvalue weighted by Crippen LogP contribution is 2.28. The SMILES string of the molecule is CCCN(Cc1cccnc1C#N)C1CC1. The number of rotatable bonds is 5. The van der Waals surface area contributed by atoms with E-state index in [0.717, 1.165) is 24.7 Å². The summed E-state index contributed by atoms with van der Waals surface area (Å²) in [6, 6.07) is 6.83. The monoisotopic (exact) mass is 215 g/mol. The molecule has 2 rings (SSSR count). The van der Waals surface area contributed by atoms with Crippen LogP contribution in [0.4, 0.5) is 0 Å². The summed E-state index contributed by atoms with van der Waals surface area (Å²) in [7, 11) is 0. The van der Waals surface area contributed by atoms with Crippen molar-refractivity contribution in [3.8, 4) is 6.07 Å². The van der Waals surface area contributed by atoms with Gasteiger partial charge >= 0.3 is 0 Å². The molecule has 1 saturated carbocycles. The molecule has 0 radical (unpaired) electrons. The van der Waals surface area contributed by atoms with Crippen LogP contribution < -0.4 is 0 Å². The summed E-state index contributed by atoms with van der Waals surface area (Å²) in [4.78, 5) is 6.57. The molecule has 0 atom stereocenters. The molecule has 3 nitrogen and oxygen atoms in total. The molecule has 0 spiro atoms. The molecular formula is C13H17N3. The molecule has 3 heteroatoms. The van der Waals surface area contributed by atoms with Crippen molar-refractivity contribution < 1.29 is 0 Å². The molecule has 0 unspecified atom stereocenters. The minimum atomic E-state index is 0.573. The molecule has 0 bridgehead atoms. The zero-order chi connectivity index (χ0) is 11.4. The van der Waals surface area contributed by atoms with Gasteiger partial charge in [-0.05, 0) is 31.9 Å². The Kier molecular flexibility index (Phi) is 3.53. The van der Waals surface area contributed by atoms with Crippen LogP contribution in [0.5, 0.6) is 0 Å². The van der Waals surface area contributed by atoms with Gasteiger partial charge in [0.05, 0.1) is 0 Å². The van der Waals surface area contributed by atoms with Crippen molar-refractivity contribution in [3.63, 3.8) is 0 Å². The van der Waals surface area contributed by atoms with Gasteiger partial charge in [0, 0.05) is 24.3 Å². The first-order chi connectivity index (χ1) is 7.85. The number of hydrogen-bond acceptors (Lipinski definition) is 3. The van der Waals surface area contributed by atoms with Crippen molar-refractivity contribution in [2.75, 3.05) is 6.54 Å². The molecule has 0 amide bonds. The summed E-state index contributed by atoms with van der Waals surface area (Å²) < 4.78 is 0. The second kappa shape index (κ2) is 5.09. The fraction of sp³-hybridized carbons (Fsp3) is 0.538. The number of nitriles is 1. The van der Waals surface area contributed by atoms with Crippen LogP contribution in [0.25, 0.3) is 0 Å². The highest BCUT2D eigenvalue weighted by Gasteiger charge is 2.28. The van der Waals surface area contributed by atoms with Gasteiger partial charge in [0.1, 0.15) is 11.8 Å². The lowest BCUT2D eigenvalue weighted by Crippen LogP contribution is -2.26. The van der Waals surface area contributed by atoms with Crippen LogP contribution in [0, 0.1) is 11.3 Å².